The van der Waals surface area contributed by atoms with Crippen molar-refractivity contribution in [3.63, 3.8) is 0 Å². The lowest BCUT2D eigenvalue weighted by molar-refractivity contribution is 0.0275. The minimum absolute atomic E-state index is 0.00747. The van der Waals surface area contributed by atoms with Gasteiger partial charge in [-0.3, -0.25) is 9.59 Å². The summed E-state index contributed by atoms with van der Waals surface area (Å²) in [5.74, 6) is -0.501. The van der Waals surface area contributed by atoms with E-state index in [1.54, 1.807) is 33.9 Å². The second-order valence-electron chi connectivity index (χ2n) is 19.5. The fourth-order valence-electron chi connectivity index (χ4n) is 8.12. The summed E-state index contributed by atoms with van der Waals surface area (Å²) in [5, 5.41) is 8.99. The van der Waals surface area contributed by atoms with E-state index in [0.717, 1.165) is 25.2 Å². The van der Waals surface area contributed by atoms with E-state index in [9.17, 15) is 28.0 Å². The Bertz CT molecular complexity index is 1960. The Morgan fingerprint density at radius 2 is 1.25 bits per heavy atom. The first-order valence-corrected chi connectivity index (χ1v) is 22.6. The van der Waals surface area contributed by atoms with Crippen LogP contribution < -0.4 is 10.6 Å². The van der Waals surface area contributed by atoms with Gasteiger partial charge in [-0.2, -0.15) is 5.26 Å². The number of carbonyl (C=O) groups is 4. The molecule has 2 aromatic carbocycles. The normalized spacial score (nSPS) is 24.6. The summed E-state index contributed by atoms with van der Waals surface area (Å²) in [6, 6.07) is 9.38. The predicted octanol–water partition coefficient (Wildman–Crippen LogP) is 8.54. The number of hydrogen-bond donors (Lipinski definition) is 1. The van der Waals surface area contributed by atoms with Crippen LogP contribution in [0.1, 0.15) is 102 Å². The molecule has 0 bridgehead atoms. The third-order valence-corrected chi connectivity index (χ3v) is 12.4. The second-order valence-corrected chi connectivity index (χ2v) is 20.4. The van der Waals surface area contributed by atoms with Crippen molar-refractivity contribution >= 4 is 45.4 Å². The van der Waals surface area contributed by atoms with Gasteiger partial charge in [0, 0.05) is 88.5 Å². The van der Waals surface area contributed by atoms with E-state index < -0.39 is 22.8 Å². The second kappa shape index (κ2) is 22.0. The maximum atomic E-state index is 14.5. The average Bonchev–Trinajstić information content (AvgIpc) is 3.98. The highest BCUT2D eigenvalue weighted by atomic mass is 79.9. The molecule has 63 heavy (non-hydrogen) atoms. The molecule has 4 saturated heterocycles. The molecule has 0 aliphatic carbocycles. The minimum Gasteiger partial charge on any atom is -0.444 e. The quantitative estimate of drug-likeness (QED) is 0.200. The first-order chi connectivity index (χ1) is 29.4. The predicted molar refractivity (Wildman–Crippen MR) is 241 cm³/mol. The van der Waals surface area contributed by atoms with E-state index in [1.165, 1.54) is 18.2 Å². The highest BCUT2D eigenvalue weighted by Crippen LogP contribution is 2.31. The molecule has 0 aromatic heterocycles. The number of likely N-dealkylation sites (tertiary alicyclic amines) is 3. The van der Waals surface area contributed by atoms with E-state index in [1.807, 2.05) is 61.5 Å². The zero-order valence-corrected chi connectivity index (χ0v) is 40.2. The topological polar surface area (TPSA) is 159 Å². The van der Waals surface area contributed by atoms with Gasteiger partial charge in [-0.1, -0.05) is 36.7 Å². The van der Waals surface area contributed by atoms with Gasteiger partial charge in [0.05, 0.1) is 17.2 Å². The molecule has 2 amide bonds. The summed E-state index contributed by atoms with van der Waals surface area (Å²) in [6.07, 6.45) is 3.12. The van der Waals surface area contributed by atoms with E-state index in [0.29, 0.717) is 49.7 Å². The van der Waals surface area contributed by atoms with E-state index in [2.05, 4.69) is 33.9 Å². The van der Waals surface area contributed by atoms with Crippen LogP contribution >= 0.6 is 15.9 Å². The number of hydrogen-bond acceptors (Lipinski definition) is 11. The molecule has 16 heteroatoms. The van der Waals surface area contributed by atoms with Crippen LogP contribution in [0, 0.1) is 52.7 Å². The van der Waals surface area contributed by atoms with Crippen molar-refractivity contribution in [3.05, 3.63) is 63.6 Å². The number of rotatable bonds is 8. The Kier molecular flexibility index (Phi) is 17.9. The van der Waals surface area contributed by atoms with E-state index in [-0.39, 0.29) is 83.5 Å². The monoisotopic (exact) mass is 944 g/mol. The van der Waals surface area contributed by atoms with Crippen molar-refractivity contribution < 1.29 is 42.2 Å². The van der Waals surface area contributed by atoms with Crippen LogP contribution in [0.25, 0.3) is 0 Å². The number of benzene rings is 2. The fraction of sp³-hybridized carbons (Fsp3) is 0.638. The minimum atomic E-state index is -0.547. The van der Waals surface area contributed by atoms with Crippen LogP contribution in [-0.4, -0.2) is 121 Å². The van der Waals surface area contributed by atoms with Gasteiger partial charge < -0.3 is 39.5 Å². The van der Waals surface area contributed by atoms with Crippen molar-refractivity contribution in [3.8, 4) is 6.19 Å². The van der Waals surface area contributed by atoms with Crippen molar-refractivity contribution in [2.45, 2.75) is 105 Å². The third-order valence-electron chi connectivity index (χ3n) is 11.9. The van der Waals surface area contributed by atoms with Crippen LogP contribution in [0.5, 0.6) is 0 Å². The van der Waals surface area contributed by atoms with Gasteiger partial charge in [-0.05, 0) is 114 Å². The third kappa shape index (κ3) is 15.1. The summed E-state index contributed by atoms with van der Waals surface area (Å²) in [7, 11) is 1.69. The summed E-state index contributed by atoms with van der Waals surface area (Å²) >= 11 is 3.18. The first kappa shape index (κ1) is 51.3. The molecule has 0 unspecified atom stereocenters. The lowest BCUT2D eigenvalue weighted by Gasteiger charge is -2.24. The van der Waals surface area contributed by atoms with E-state index >= 15 is 0 Å². The Balaban J connectivity index is 0.000000216. The van der Waals surface area contributed by atoms with Gasteiger partial charge in [0.25, 0.3) is 0 Å². The number of nitrogens with two attached hydrogens (primary N) is 1. The Hall–Kier alpha value is -4.33. The van der Waals surface area contributed by atoms with Crippen molar-refractivity contribution in [2.24, 2.45) is 35.3 Å². The molecule has 13 nitrogen and oxygen atoms in total. The number of ether oxygens (including phenoxy) is 3. The van der Waals surface area contributed by atoms with Gasteiger partial charge in [-0.25, -0.2) is 18.4 Å². The lowest BCUT2D eigenvalue weighted by Crippen LogP contribution is -2.36. The van der Waals surface area contributed by atoms with Gasteiger partial charge >= 0.3 is 12.2 Å². The number of amides is 2. The highest BCUT2D eigenvalue weighted by Gasteiger charge is 2.37. The maximum Gasteiger partial charge on any atom is 0.410 e. The van der Waals surface area contributed by atoms with Crippen LogP contribution in [0.15, 0.2) is 40.9 Å². The van der Waals surface area contributed by atoms with Crippen molar-refractivity contribution in [1.82, 2.24) is 14.7 Å². The molecule has 0 radical (unpaired) electrons. The molecule has 4 aliphatic rings. The van der Waals surface area contributed by atoms with E-state index in [4.69, 9.17) is 25.2 Å². The Morgan fingerprint density at radius 1 is 0.746 bits per heavy atom. The van der Waals surface area contributed by atoms with Crippen molar-refractivity contribution in [1.29, 1.82) is 5.26 Å². The first-order valence-electron chi connectivity index (χ1n) is 21.8. The molecule has 0 spiro atoms. The standard InChI is InChI=1S/C19H24FN3O2.C18H23BrFNO3.C10H20N2O2/c1-13-9-22(12-21)10-14(13)7-19(24)17-4-3-15(8-18(17)20)23-6-5-16(11-23)25-2;1-11-9-21(17(23)24-18(2,3)4)10-12(11)7-16(22)14-6-5-13(19)8-15(14)20;1-7-5-12(6-8(7)11)9(13)14-10(2,3)4/h3-4,8,13-14,16H,5-7,9-11H2,1-2H3;5-6,8,11-12H,7,9-10H2,1-4H3;7-8H,5-6,11H2,1-4H3/t13-,14-,16+;11-,12-;7-,8-/m000/s1. The SMILES string of the molecule is CO[C@@H]1CCN(c2ccc(C(=O)C[C@H]3CN(C#N)C[C@@H]3C)c(F)c2)C1.C[C@H]1CN(C(=O)OC(C)(C)C)C[C@@H]1CC(=O)c1ccc(Br)cc1F.C[C@H]1CN(C(=O)OC(C)(C)C)C[C@@H]1N. The molecule has 4 fully saturated rings. The number of Topliss-reactive ketones (excluding diaryl/α,β-unsaturated/α-hetero) is 2. The molecule has 4 aliphatic heterocycles. The van der Waals surface area contributed by atoms with Gasteiger partial charge in [0.2, 0.25) is 0 Å². The zero-order chi connectivity index (χ0) is 47.0. The average molecular weight is 946 g/mol. The number of nitrogens with zero attached hydrogens (tertiary/aromatic N) is 5. The largest absolute Gasteiger partial charge is 0.444 e. The van der Waals surface area contributed by atoms with Crippen LogP contribution in [0.3, 0.4) is 0 Å². The summed E-state index contributed by atoms with van der Waals surface area (Å²) in [6.45, 7) is 22.3. The molecule has 4 heterocycles. The summed E-state index contributed by atoms with van der Waals surface area (Å²) in [5.41, 5.74) is 5.89. The molecule has 6 rings (SSSR count). The molecule has 7 atom stereocenters. The van der Waals surface area contributed by atoms with Crippen LogP contribution in [-0.2, 0) is 14.2 Å². The smallest absolute Gasteiger partial charge is 0.410 e. The number of anilines is 1. The number of carbonyl (C=O) groups excluding carboxylic acids is 4. The highest BCUT2D eigenvalue weighted by molar-refractivity contribution is 9.10. The Morgan fingerprint density at radius 3 is 1.71 bits per heavy atom. The number of nitriles is 1. The molecular weight excluding hydrogens is 878 g/mol. The van der Waals surface area contributed by atoms with Crippen LogP contribution in [0.4, 0.5) is 24.1 Å². The van der Waals surface area contributed by atoms with Crippen molar-refractivity contribution in [2.75, 3.05) is 64.4 Å². The lowest BCUT2D eigenvalue weighted by atomic mass is 9.90. The molecule has 0 saturated carbocycles. The molecule has 2 aromatic rings. The summed E-state index contributed by atoms with van der Waals surface area (Å²) < 4.78 is 45.0. The van der Waals surface area contributed by atoms with Gasteiger partial charge in [0.15, 0.2) is 17.8 Å². The van der Waals surface area contributed by atoms with Crippen LogP contribution in [0.2, 0.25) is 0 Å². The molecule has 2 N–H and O–H groups in total. The number of methoxy groups -OCH3 is 1. The molecule has 348 valence electrons. The Labute approximate surface area is 380 Å². The van der Waals surface area contributed by atoms with Gasteiger partial charge in [-0.15, -0.1) is 0 Å². The molecular formula is C47H67BrF2N6O7. The zero-order valence-electron chi connectivity index (χ0n) is 38.6. The fourth-order valence-corrected chi connectivity index (χ4v) is 8.45. The number of ketones is 2. The number of halogens is 3. The summed E-state index contributed by atoms with van der Waals surface area (Å²) in [4.78, 5) is 55.7. The maximum absolute atomic E-state index is 14.5. The van der Waals surface area contributed by atoms with Gasteiger partial charge in [0.1, 0.15) is 22.8 Å².